The highest BCUT2D eigenvalue weighted by Gasteiger charge is 2.77. The van der Waals surface area contributed by atoms with Gasteiger partial charge in [-0.3, -0.25) is 14.4 Å². The normalized spacial score (nSPS) is 35.8. The Hall–Kier alpha value is -1.54. The summed E-state index contributed by atoms with van der Waals surface area (Å²) in [4.78, 5) is 45.2. The van der Waals surface area contributed by atoms with Crippen molar-refractivity contribution >= 4 is 29.5 Å². The van der Waals surface area contributed by atoms with Crippen LogP contribution in [-0.2, 0) is 19.1 Å². The number of thioether (sulfide) groups is 1. The van der Waals surface area contributed by atoms with Crippen LogP contribution >= 0.6 is 11.8 Å². The number of aliphatic hydroxyl groups excluding tert-OH is 1. The van der Waals surface area contributed by atoms with Crippen molar-refractivity contribution in [3.05, 3.63) is 12.7 Å². The van der Waals surface area contributed by atoms with Gasteiger partial charge in [0.05, 0.1) is 35.8 Å². The molecule has 0 aromatic rings. The summed E-state index contributed by atoms with van der Waals surface area (Å²) in [5.74, 6) is -1.55. The third-order valence-electron chi connectivity index (χ3n) is 8.68. The van der Waals surface area contributed by atoms with Crippen LogP contribution < -0.4 is 0 Å². The van der Waals surface area contributed by atoms with Crippen molar-refractivity contribution in [2.24, 2.45) is 17.8 Å². The molecule has 3 unspecified atom stereocenters. The van der Waals surface area contributed by atoms with E-state index in [1.54, 1.807) is 29.7 Å². The van der Waals surface area contributed by atoms with E-state index in [-0.39, 0.29) is 48.2 Å². The first kappa shape index (κ1) is 25.5. The lowest BCUT2D eigenvalue weighted by Gasteiger charge is -2.44. The molecule has 1 spiro atoms. The van der Waals surface area contributed by atoms with Crippen LogP contribution in [0.1, 0.15) is 65.7 Å². The smallest absolute Gasteiger partial charge is 0.310 e. The van der Waals surface area contributed by atoms with E-state index in [1.807, 2.05) is 11.8 Å². The molecular weight excluding hydrogens is 452 g/mol. The van der Waals surface area contributed by atoms with Crippen LogP contribution in [0.3, 0.4) is 0 Å². The number of rotatable bonds is 9. The van der Waals surface area contributed by atoms with E-state index in [4.69, 9.17) is 4.74 Å². The Morgan fingerprint density at radius 3 is 2.62 bits per heavy atom. The maximum atomic E-state index is 14.5. The third-order valence-corrected chi connectivity index (χ3v) is 10.8. The molecule has 1 N–H and O–H groups in total. The van der Waals surface area contributed by atoms with Gasteiger partial charge in [0.25, 0.3) is 0 Å². The molecule has 4 fully saturated rings. The number of esters is 1. The fourth-order valence-electron chi connectivity index (χ4n) is 7.16. The van der Waals surface area contributed by atoms with Crippen molar-refractivity contribution in [2.45, 2.75) is 93.8 Å². The summed E-state index contributed by atoms with van der Waals surface area (Å²) in [5.41, 5.74) is 0. The van der Waals surface area contributed by atoms with E-state index in [2.05, 4.69) is 13.5 Å². The number of fused-ring (bicyclic) bond motifs is 1. The SMILES string of the molecule is C=CCN(C(=O)C1N([C@@H](CC)CO)C(=O)[C@@H]2[C@H](C(=O)OCC)[C@@H]3CC(C)C12S3)C1CCCCC1. The predicted octanol–water partition coefficient (Wildman–Crippen LogP) is 3.00. The van der Waals surface area contributed by atoms with Gasteiger partial charge in [-0.1, -0.05) is 39.2 Å². The van der Waals surface area contributed by atoms with Crippen LogP contribution in [-0.4, -0.2) is 80.6 Å². The first-order valence-corrected chi connectivity index (χ1v) is 13.9. The Bertz CT molecular complexity index is 811. The number of hydrogen-bond acceptors (Lipinski definition) is 6. The number of aliphatic hydroxyl groups is 1. The lowest BCUT2D eigenvalue weighted by atomic mass is 9.66. The molecule has 3 aliphatic heterocycles. The van der Waals surface area contributed by atoms with Gasteiger partial charge in [0.2, 0.25) is 11.8 Å². The zero-order chi connectivity index (χ0) is 24.6. The maximum Gasteiger partial charge on any atom is 0.310 e. The summed E-state index contributed by atoms with van der Waals surface area (Å²) in [6, 6.07) is -0.998. The van der Waals surface area contributed by atoms with Gasteiger partial charge >= 0.3 is 5.97 Å². The van der Waals surface area contributed by atoms with Crippen molar-refractivity contribution in [1.82, 2.24) is 9.80 Å². The average Bonchev–Trinajstić information content (AvgIpc) is 3.43. The first-order valence-electron chi connectivity index (χ1n) is 13.1. The second-order valence-corrected chi connectivity index (χ2v) is 11.9. The second kappa shape index (κ2) is 10.2. The predicted molar refractivity (Wildman–Crippen MR) is 132 cm³/mol. The minimum Gasteiger partial charge on any atom is -0.466 e. The zero-order valence-corrected chi connectivity index (χ0v) is 21.6. The molecule has 7 nitrogen and oxygen atoms in total. The first-order chi connectivity index (χ1) is 16.4. The van der Waals surface area contributed by atoms with Gasteiger partial charge in [-0.25, -0.2) is 0 Å². The Balaban J connectivity index is 1.79. The summed E-state index contributed by atoms with van der Waals surface area (Å²) in [7, 11) is 0. The summed E-state index contributed by atoms with van der Waals surface area (Å²) in [6.07, 6.45) is 8.41. The van der Waals surface area contributed by atoms with Crippen molar-refractivity contribution in [3.63, 3.8) is 0 Å². The molecule has 2 amide bonds. The average molecular weight is 493 g/mol. The minimum absolute atomic E-state index is 0.0165. The van der Waals surface area contributed by atoms with Gasteiger partial charge in [0.1, 0.15) is 6.04 Å². The van der Waals surface area contributed by atoms with Crippen LogP contribution in [0.15, 0.2) is 12.7 Å². The number of ether oxygens (including phenoxy) is 1. The van der Waals surface area contributed by atoms with Gasteiger partial charge in [-0.15, -0.1) is 18.3 Å². The van der Waals surface area contributed by atoms with Gasteiger partial charge in [-0.05, 0) is 38.5 Å². The summed E-state index contributed by atoms with van der Waals surface area (Å²) in [5, 5.41) is 10.2. The van der Waals surface area contributed by atoms with Crippen molar-refractivity contribution in [1.29, 1.82) is 0 Å². The molecule has 1 aliphatic carbocycles. The van der Waals surface area contributed by atoms with Crippen LogP contribution in [0.4, 0.5) is 0 Å². The van der Waals surface area contributed by atoms with E-state index in [9.17, 15) is 19.5 Å². The van der Waals surface area contributed by atoms with Crippen LogP contribution in [0.5, 0.6) is 0 Å². The van der Waals surface area contributed by atoms with E-state index >= 15 is 0 Å². The molecule has 4 aliphatic rings. The van der Waals surface area contributed by atoms with Gasteiger partial charge in [0, 0.05) is 17.8 Å². The molecule has 0 aromatic heterocycles. The summed E-state index contributed by atoms with van der Waals surface area (Å²) >= 11 is 1.67. The fourth-order valence-corrected chi connectivity index (χ4v) is 9.55. The largest absolute Gasteiger partial charge is 0.466 e. The molecule has 2 bridgehead atoms. The highest BCUT2D eigenvalue weighted by atomic mass is 32.2. The monoisotopic (exact) mass is 492 g/mol. The highest BCUT2D eigenvalue weighted by molar-refractivity contribution is 8.02. The molecule has 8 heteroatoms. The highest BCUT2D eigenvalue weighted by Crippen LogP contribution is 2.69. The van der Waals surface area contributed by atoms with E-state index in [1.165, 1.54) is 6.42 Å². The molecule has 3 saturated heterocycles. The summed E-state index contributed by atoms with van der Waals surface area (Å²) in [6.45, 7) is 10.3. The van der Waals surface area contributed by atoms with Gasteiger partial charge in [0.15, 0.2) is 0 Å². The number of carbonyl (C=O) groups excluding carboxylic acids is 3. The Labute approximate surface area is 207 Å². The molecule has 4 rings (SSSR count). The topological polar surface area (TPSA) is 87.2 Å². The van der Waals surface area contributed by atoms with Crippen LogP contribution in [0, 0.1) is 17.8 Å². The van der Waals surface area contributed by atoms with E-state index < -0.39 is 28.7 Å². The molecular formula is C26H40N2O5S. The number of likely N-dealkylation sites (tertiary alicyclic amines) is 1. The van der Waals surface area contributed by atoms with Crippen LogP contribution in [0.25, 0.3) is 0 Å². The quantitative estimate of drug-likeness (QED) is 0.393. The number of nitrogens with zero attached hydrogens (tertiary/aromatic N) is 2. The van der Waals surface area contributed by atoms with Crippen molar-refractivity contribution in [3.8, 4) is 0 Å². The molecule has 0 radical (unpaired) electrons. The number of amides is 2. The van der Waals surface area contributed by atoms with Crippen molar-refractivity contribution in [2.75, 3.05) is 19.8 Å². The maximum absolute atomic E-state index is 14.5. The molecule has 7 atom stereocenters. The Morgan fingerprint density at radius 1 is 1.32 bits per heavy atom. The van der Waals surface area contributed by atoms with Gasteiger partial charge in [-0.2, -0.15) is 0 Å². The molecule has 0 aromatic carbocycles. The molecule has 34 heavy (non-hydrogen) atoms. The zero-order valence-electron chi connectivity index (χ0n) is 20.8. The Kier molecular flexibility index (Phi) is 7.67. The lowest BCUT2D eigenvalue weighted by molar-refractivity contribution is -0.154. The summed E-state index contributed by atoms with van der Waals surface area (Å²) < 4.78 is 4.74. The van der Waals surface area contributed by atoms with E-state index in [0.717, 1.165) is 32.1 Å². The number of carbonyl (C=O) groups is 3. The molecule has 190 valence electrons. The number of hydrogen-bond donors (Lipinski definition) is 1. The lowest BCUT2D eigenvalue weighted by Crippen LogP contribution is -2.60. The van der Waals surface area contributed by atoms with E-state index in [0.29, 0.717) is 13.0 Å². The fraction of sp³-hybridized carbons (Fsp3) is 0.808. The molecule has 1 saturated carbocycles. The Morgan fingerprint density at radius 2 is 2.03 bits per heavy atom. The van der Waals surface area contributed by atoms with Gasteiger partial charge < -0.3 is 19.6 Å². The van der Waals surface area contributed by atoms with Crippen LogP contribution in [0.2, 0.25) is 0 Å². The molecule has 3 heterocycles. The third kappa shape index (κ3) is 3.80. The standard InChI is InChI=1S/C26H40N2O5S/c1-5-13-27(18-11-9-8-10-12-18)24(31)22-26-16(4)14-19(34-26)20(25(32)33-7-3)21(26)23(30)28(22)17(6-2)15-29/h5,16-22,29H,1,6-15H2,2-4H3/t16?,17-,19-,20+,21-,22?,26?/m0/s1. The van der Waals surface area contributed by atoms with Crippen molar-refractivity contribution < 1.29 is 24.2 Å². The second-order valence-electron chi connectivity index (χ2n) is 10.4. The minimum atomic E-state index is -0.687.